The molecule has 2 aromatic rings. The molecule has 216 valence electrons. The van der Waals surface area contributed by atoms with Gasteiger partial charge in [-0.2, -0.15) is 11.8 Å². The molecule has 0 unspecified atom stereocenters. The first-order valence-electron chi connectivity index (χ1n) is 12.5. The number of carbonyl (C=O) groups excluding carboxylic acids is 4. The molecule has 0 aliphatic carbocycles. The highest BCUT2D eigenvalue weighted by Gasteiger charge is 2.32. The maximum Gasteiger partial charge on any atom is 0.328 e. The van der Waals surface area contributed by atoms with Crippen LogP contribution in [-0.4, -0.2) is 71.0 Å². The van der Waals surface area contributed by atoms with E-state index in [1.54, 1.807) is 44.2 Å². The van der Waals surface area contributed by atoms with E-state index in [0.29, 0.717) is 12.2 Å². The summed E-state index contributed by atoms with van der Waals surface area (Å²) in [6, 6.07) is 8.72. The number of nitrogens with zero attached hydrogens (tertiary/aromatic N) is 1. The molecular formula is C27H34N4O8S. The van der Waals surface area contributed by atoms with Crippen LogP contribution in [0.1, 0.15) is 36.2 Å². The molecule has 4 N–H and O–H groups in total. The van der Waals surface area contributed by atoms with Gasteiger partial charge in [0.15, 0.2) is 0 Å². The van der Waals surface area contributed by atoms with Crippen LogP contribution in [0.25, 0.3) is 0 Å². The van der Waals surface area contributed by atoms with Crippen LogP contribution in [0.3, 0.4) is 0 Å². The third-order valence-electron chi connectivity index (χ3n) is 6.00. The molecule has 0 aromatic heterocycles. The predicted octanol–water partition coefficient (Wildman–Crippen LogP) is 2.19. The average Bonchev–Trinajstić information content (AvgIpc) is 2.93. The van der Waals surface area contributed by atoms with Gasteiger partial charge in [0.25, 0.3) is 11.6 Å². The molecule has 0 heterocycles. The number of carbonyl (C=O) groups is 4. The zero-order valence-electron chi connectivity index (χ0n) is 22.7. The van der Waals surface area contributed by atoms with Crippen molar-refractivity contribution in [3.05, 3.63) is 69.8 Å². The summed E-state index contributed by atoms with van der Waals surface area (Å²) in [5.74, 6) is -3.19. The van der Waals surface area contributed by atoms with E-state index < -0.39 is 64.1 Å². The fraction of sp³-hybridized carbons (Fsp3) is 0.407. The predicted molar refractivity (Wildman–Crippen MR) is 150 cm³/mol. The number of nitro benzene ring substituents is 1. The Hall–Kier alpha value is -4.13. The summed E-state index contributed by atoms with van der Waals surface area (Å²) in [6.45, 7) is 3.33. The Morgan fingerprint density at radius 3 is 2.23 bits per heavy atom. The number of esters is 1. The first kappa shape index (κ1) is 32.1. The van der Waals surface area contributed by atoms with Crippen LogP contribution in [0.15, 0.2) is 48.5 Å². The molecule has 0 radical (unpaired) electrons. The van der Waals surface area contributed by atoms with Gasteiger partial charge in [0.05, 0.1) is 17.6 Å². The normalized spacial score (nSPS) is 13.0. The summed E-state index contributed by atoms with van der Waals surface area (Å²) in [5.41, 5.74) is -0.0380. The Labute approximate surface area is 236 Å². The van der Waals surface area contributed by atoms with E-state index in [9.17, 15) is 34.4 Å². The highest BCUT2D eigenvalue weighted by molar-refractivity contribution is 7.98. The quantitative estimate of drug-likeness (QED) is 0.150. The fourth-order valence-electron chi connectivity index (χ4n) is 3.79. The van der Waals surface area contributed by atoms with E-state index in [-0.39, 0.29) is 12.0 Å². The SMILES string of the molecule is COC(=O)[C@H](CCSC)NC(=O)[C@H](Cc1ccccc1)NC(=O)[C@@H](NC(=O)c1cc([N+](=O)[O-])ccc1O)C(C)C. The van der Waals surface area contributed by atoms with Crippen LogP contribution in [0.2, 0.25) is 0 Å². The minimum Gasteiger partial charge on any atom is -0.507 e. The molecule has 40 heavy (non-hydrogen) atoms. The van der Waals surface area contributed by atoms with Gasteiger partial charge in [-0.15, -0.1) is 0 Å². The number of ether oxygens (including phenoxy) is 1. The Bertz CT molecular complexity index is 1210. The van der Waals surface area contributed by atoms with Crippen molar-refractivity contribution in [1.29, 1.82) is 0 Å². The summed E-state index contributed by atoms with van der Waals surface area (Å²) < 4.78 is 4.82. The molecule has 0 spiro atoms. The van der Waals surface area contributed by atoms with Crippen molar-refractivity contribution in [3.63, 3.8) is 0 Å². The van der Waals surface area contributed by atoms with E-state index >= 15 is 0 Å². The van der Waals surface area contributed by atoms with Gasteiger partial charge >= 0.3 is 5.97 Å². The lowest BCUT2D eigenvalue weighted by Gasteiger charge is -2.26. The van der Waals surface area contributed by atoms with Crippen molar-refractivity contribution in [3.8, 4) is 5.75 Å². The van der Waals surface area contributed by atoms with Crippen molar-refractivity contribution in [1.82, 2.24) is 16.0 Å². The van der Waals surface area contributed by atoms with Gasteiger partial charge in [-0.1, -0.05) is 44.2 Å². The Balaban J connectivity index is 2.29. The number of hydrogen-bond acceptors (Lipinski definition) is 9. The van der Waals surface area contributed by atoms with Crippen LogP contribution >= 0.6 is 11.8 Å². The largest absolute Gasteiger partial charge is 0.507 e. The second kappa shape index (κ2) is 15.5. The summed E-state index contributed by atoms with van der Waals surface area (Å²) >= 11 is 1.50. The van der Waals surface area contributed by atoms with Gasteiger partial charge < -0.3 is 25.8 Å². The summed E-state index contributed by atoms with van der Waals surface area (Å²) in [6.07, 6.45) is 2.28. The fourth-order valence-corrected chi connectivity index (χ4v) is 4.26. The standard InChI is InChI=1S/C27H34N4O8S/c1-16(2)23(30-24(33)19-15-18(31(37)38)10-11-22(19)32)26(35)29-21(14-17-8-6-5-7-9-17)25(34)28-20(12-13-40-4)27(36)39-3/h5-11,15-16,20-21,23,32H,12-14H2,1-4H3,(H,28,34)(H,29,35)(H,30,33)/t20-,21-,23-/m0/s1. The summed E-state index contributed by atoms with van der Waals surface area (Å²) in [7, 11) is 1.22. The number of hydrogen-bond donors (Lipinski definition) is 4. The van der Waals surface area contributed by atoms with Crippen LogP contribution in [-0.2, 0) is 25.5 Å². The number of nitrogens with one attached hydrogen (secondary N) is 3. The van der Waals surface area contributed by atoms with E-state index in [4.69, 9.17) is 4.74 Å². The van der Waals surface area contributed by atoms with Crippen LogP contribution in [0.4, 0.5) is 5.69 Å². The van der Waals surface area contributed by atoms with Crippen LogP contribution in [0.5, 0.6) is 5.75 Å². The molecule has 0 aliphatic heterocycles. The molecular weight excluding hydrogens is 540 g/mol. The van der Waals surface area contributed by atoms with Gasteiger partial charge in [0.1, 0.15) is 23.9 Å². The van der Waals surface area contributed by atoms with Gasteiger partial charge in [-0.3, -0.25) is 24.5 Å². The Morgan fingerprint density at radius 2 is 1.65 bits per heavy atom. The van der Waals surface area contributed by atoms with Crippen LogP contribution < -0.4 is 16.0 Å². The second-order valence-electron chi connectivity index (χ2n) is 9.27. The highest BCUT2D eigenvalue weighted by atomic mass is 32.2. The number of rotatable bonds is 14. The maximum absolute atomic E-state index is 13.4. The monoisotopic (exact) mass is 574 g/mol. The van der Waals surface area contributed by atoms with E-state index in [1.807, 2.05) is 6.26 Å². The number of phenols is 1. The highest BCUT2D eigenvalue weighted by Crippen LogP contribution is 2.23. The number of amides is 3. The lowest BCUT2D eigenvalue weighted by atomic mass is 10.00. The number of aromatic hydroxyl groups is 1. The molecule has 2 aromatic carbocycles. The molecule has 0 saturated heterocycles. The summed E-state index contributed by atoms with van der Waals surface area (Å²) in [4.78, 5) is 62.3. The number of methoxy groups -OCH3 is 1. The Morgan fingerprint density at radius 1 is 1.00 bits per heavy atom. The van der Waals surface area contributed by atoms with E-state index in [2.05, 4.69) is 16.0 Å². The number of thioether (sulfide) groups is 1. The van der Waals surface area contributed by atoms with Crippen molar-refractivity contribution < 1.29 is 33.9 Å². The van der Waals surface area contributed by atoms with Crippen molar-refractivity contribution >= 4 is 41.1 Å². The molecule has 3 amide bonds. The minimum absolute atomic E-state index is 0.0965. The first-order chi connectivity index (χ1) is 19.0. The van der Waals surface area contributed by atoms with Crippen molar-refractivity contribution in [2.45, 2.75) is 44.8 Å². The smallest absolute Gasteiger partial charge is 0.328 e. The van der Waals surface area contributed by atoms with Gasteiger partial charge in [-0.25, -0.2) is 4.79 Å². The molecule has 0 saturated carbocycles. The lowest BCUT2D eigenvalue weighted by molar-refractivity contribution is -0.384. The topological polar surface area (TPSA) is 177 Å². The average molecular weight is 575 g/mol. The number of nitro groups is 1. The molecule has 0 aliphatic rings. The molecule has 0 fully saturated rings. The zero-order valence-corrected chi connectivity index (χ0v) is 23.5. The third-order valence-corrected chi connectivity index (χ3v) is 6.64. The van der Waals surface area contributed by atoms with Gasteiger partial charge in [0, 0.05) is 18.6 Å². The zero-order chi connectivity index (χ0) is 29.8. The van der Waals surface area contributed by atoms with Crippen molar-refractivity contribution in [2.75, 3.05) is 19.1 Å². The third kappa shape index (κ3) is 9.26. The number of phenolic OH excluding ortho intramolecular Hbond substituents is 1. The molecule has 12 nitrogen and oxygen atoms in total. The number of non-ortho nitro benzene ring substituents is 1. The molecule has 0 bridgehead atoms. The van der Waals surface area contributed by atoms with Gasteiger partial charge in [-0.05, 0) is 36.0 Å². The van der Waals surface area contributed by atoms with E-state index in [1.165, 1.54) is 18.9 Å². The summed E-state index contributed by atoms with van der Waals surface area (Å²) in [5, 5.41) is 29.0. The van der Waals surface area contributed by atoms with Crippen molar-refractivity contribution in [2.24, 2.45) is 5.92 Å². The maximum atomic E-state index is 13.4. The molecule has 13 heteroatoms. The lowest BCUT2D eigenvalue weighted by Crippen LogP contribution is -2.57. The minimum atomic E-state index is -1.16. The van der Waals surface area contributed by atoms with Gasteiger partial charge in [0.2, 0.25) is 11.8 Å². The Kier molecular flexibility index (Phi) is 12.4. The molecule has 3 atom stereocenters. The van der Waals surface area contributed by atoms with E-state index in [0.717, 1.165) is 23.8 Å². The van der Waals surface area contributed by atoms with Crippen LogP contribution in [0, 0.1) is 16.0 Å². The second-order valence-corrected chi connectivity index (χ2v) is 10.3. The first-order valence-corrected chi connectivity index (χ1v) is 13.9. The molecule has 2 rings (SSSR count). The number of benzene rings is 2.